The molecule has 0 aliphatic carbocycles. The maximum atomic E-state index is 13.5. The smallest absolute Gasteiger partial charge is 0.146 e. The second-order valence-electron chi connectivity index (χ2n) is 3.47. The standard InChI is InChI=1S/C12H10ClFN2/c1-8-2-4-11(10(14)6-8)16-12-5-3-9(13)7-15-12/h2-7H,1H3,(H,15,16). The quantitative estimate of drug-likeness (QED) is 0.855. The van der Waals surface area contributed by atoms with Crippen LogP contribution in [0.1, 0.15) is 5.56 Å². The van der Waals surface area contributed by atoms with Gasteiger partial charge in [-0.25, -0.2) is 9.37 Å². The Balaban J connectivity index is 2.23. The minimum absolute atomic E-state index is 0.295. The van der Waals surface area contributed by atoms with Gasteiger partial charge in [-0.2, -0.15) is 0 Å². The van der Waals surface area contributed by atoms with Crippen LogP contribution in [0, 0.1) is 12.7 Å². The van der Waals surface area contributed by atoms with E-state index in [0.29, 0.717) is 16.5 Å². The molecule has 2 aromatic rings. The molecule has 2 nitrogen and oxygen atoms in total. The third-order valence-electron chi connectivity index (χ3n) is 2.11. The second-order valence-corrected chi connectivity index (χ2v) is 3.91. The zero-order chi connectivity index (χ0) is 11.5. The maximum absolute atomic E-state index is 13.5. The Morgan fingerprint density at radius 2 is 2.06 bits per heavy atom. The molecule has 0 aliphatic rings. The maximum Gasteiger partial charge on any atom is 0.146 e. The molecule has 0 fully saturated rings. The molecule has 1 N–H and O–H groups in total. The lowest BCUT2D eigenvalue weighted by Gasteiger charge is -2.07. The van der Waals surface area contributed by atoms with Gasteiger partial charge in [0.15, 0.2) is 0 Å². The fourth-order valence-corrected chi connectivity index (χ4v) is 1.42. The van der Waals surface area contributed by atoms with Gasteiger partial charge < -0.3 is 5.32 Å². The Labute approximate surface area is 98.1 Å². The summed E-state index contributed by atoms with van der Waals surface area (Å²) in [5, 5.41) is 3.43. The number of pyridine rings is 1. The van der Waals surface area contributed by atoms with Gasteiger partial charge in [0.2, 0.25) is 0 Å². The zero-order valence-corrected chi connectivity index (χ0v) is 9.42. The number of benzene rings is 1. The predicted molar refractivity (Wildman–Crippen MR) is 63.7 cm³/mol. The van der Waals surface area contributed by atoms with Crippen LogP contribution in [-0.2, 0) is 0 Å². The summed E-state index contributed by atoms with van der Waals surface area (Å²) in [5.41, 5.74) is 1.28. The predicted octanol–water partition coefficient (Wildman–Crippen LogP) is 3.93. The van der Waals surface area contributed by atoms with Crippen molar-refractivity contribution in [2.75, 3.05) is 5.32 Å². The highest BCUT2D eigenvalue weighted by molar-refractivity contribution is 6.30. The summed E-state index contributed by atoms with van der Waals surface area (Å²) in [5.74, 6) is 0.268. The molecule has 0 aliphatic heterocycles. The summed E-state index contributed by atoms with van der Waals surface area (Å²) in [6.45, 7) is 1.84. The number of nitrogens with one attached hydrogen (secondary N) is 1. The number of halogens is 2. The van der Waals surface area contributed by atoms with Crippen LogP contribution in [0.15, 0.2) is 36.5 Å². The number of anilines is 2. The van der Waals surface area contributed by atoms with Crippen molar-refractivity contribution in [1.82, 2.24) is 4.98 Å². The number of aromatic nitrogens is 1. The molecule has 0 atom stereocenters. The van der Waals surface area contributed by atoms with Gasteiger partial charge in [0.25, 0.3) is 0 Å². The second kappa shape index (κ2) is 4.49. The lowest BCUT2D eigenvalue weighted by atomic mass is 10.2. The van der Waals surface area contributed by atoms with E-state index in [0.717, 1.165) is 5.56 Å². The first kappa shape index (κ1) is 10.9. The van der Waals surface area contributed by atoms with Crippen molar-refractivity contribution < 1.29 is 4.39 Å². The van der Waals surface area contributed by atoms with Crippen LogP contribution in [-0.4, -0.2) is 4.98 Å². The molecule has 0 saturated carbocycles. The van der Waals surface area contributed by atoms with E-state index < -0.39 is 0 Å². The number of rotatable bonds is 2. The van der Waals surface area contributed by atoms with E-state index in [4.69, 9.17) is 11.6 Å². The molecule has 4 heteroatoms. The van der Waals surface area contributed by atoms with Gasteiger partial charge in [-0.3, -0.25) is 0 Å². The topological polar surface area (TPSA) is 24.9 Å². The molecule has 1 aromatic carbocycles. The third kappa shape index (κ3) is 2.49. The van der Waals surface area contributed by atoms with E-state index in [1.54, 1.807) is 18.2 Å². The van der Waals surface area contributed by atoms with Gasteiger partial charge in [0.05, 0.1) is 10.7 Å². The molecular formula is C12H10ClFN2. The molecule has 82 valence electrons. The zero-order valence-electron chi connectivity index (χ0n) is 8.67. The summed E-state index contributed by atoms with van der Waals surface area (Å²) in [6, 6.07) is 8.38. The Bertz CT molecular complexity index is 497. The first-order valence-corrected chi connectivity index (χ1v) is 5.18. The molecule has 2 rings (SSSR count). The largest absolute Gasteiger partial charge is 0.338 e. The fourth-order valence-electron chi connectivity index (χ4n) is 1.31. The highest BCUT2D eigenvalue weighted by Gasteiger charge is 2.02. The Morgan fingerprint density at radius 3 is 2.69 bits per heavy atom. The van der Waals surface area contributed by atoms with Crippen molar-refractivity contribution in [2.24, 2.45) is 0 Å². The van der Waals surface area contributed by atoms with Crippen molar-refractivity contribution >= 4 is 23.1 Å². The molecule has 1 aromatic heterocycles. The minimum Gasteiger partial charge on any atom is -0.338 e. The van der Waals surface area contributed by atoms with E-state index >= 15 is 0 Å². The minimum atomic E-state index is -0.295. The van der Waals surface area contributed by atoms with Gasteiger partial charge in [-0.15, -0.1) is 0 Å². The summed E-state index contributed by atoms with van der Waals surface area (Å²) in [6.07, 6.45) is 1.51. The molecule has 0 spiro atoms. The summed E-state index contributed by atoms with van der Waals surface area (Å²) >= 11 is 5.70. The molecule has 0 bridgehead atoms. The monoisotopic (exact) mass is 236 g/mol. The number of hydrogen-bond donors (Lipinski definition) is 1. The molecule has 0 unspecified atom stereocenters. The number of nitrogens with zero attached hydrogens (tertiary/aromatic N) is 1. The molecule has 0 amide bonds. The van der Waals surface area contributed by atoms with E-state index in [-0.39, 0.29) is 5.82 Å². The average molecular weight is 237 g/mol. The summed E-state index contributed by atoms with van der Waals surface area (Å²) in [4.78, 5) is 4.03. The SMILES string of the molecule is Cc1ccc(Nc2ccc(Cl)cn2)c(F)c1. The summed E-state index contributed by atoms with van der Waals surface area (Å²) < 4.78 is 13.5. The Kier molecular flexibility index (Phi) is 3.06. The van der Waals surface area contributed by atoms with E-state index in [1.807, 2.05) is 13.0 Å². The van der Waals surface area contributed by atoms with Crippen molar-refractivity contribution in [3.05, 3.63) is 52.9 Å². The first-order valence-electron chi connectivity index (χ1n) is 4.80. The van der Waals surface area contributed by atoms with Crippen LogP contribution in [0.5, 0.6) is 0 Å². The highest BCUT2D eigenvalue weighted by Crippen LogP contribution is 2.20. The van der Waals surface area contributed by atoms with Crippen molar-refractivity contribution in [1.29, 1.82) is 0 Å². The Hall–Kier alpha value is -1.61. The average Bonchev–Trinajstić information content (AvgIpc) is 2.25. The lowest BCUT2D eigenvalue weighted by molar-refractivity contribution is 0.630. The molecule has 16 heavy (non-hydrogen) atoms. The van der Waals surface area contributed by atoms with Gasteiger partial charge in [-0.05, 0) is 36.8 Å². The van der Waals surface area contributed by atoms with Gasteiger partial charge >= 0.3 is 0 Å². The lowest BCUT2D eigenvalue weighted by Crippen LogP contribution is -1.96. The Morgan fingerprint density at radius 1 is 1.25 bits per heavy atom. The van der Waals surface area contributed by atoms with Crippen LogP contribution < -0.4 is 5.32 Å². The van der Waals surface area contributed by atoms with Gasteiger partial charge in [-0.1, -0.05) is 17.7 Å². The van der Waals surface area contributed by atoms with Gasteiger partial charge in [0.1, 0.15) is 11.6 Å². The number of aryl methyl sites for hydroxylation is 1. The van der Waals surface area contributed by atoms with E-state index in [1.165, 1.54) is 12.3 Å². The number of hydrogen-bond acceptors (Lipinski definition) is 2. The van der Waals surface area contributed by atoms with E-state index in [9.17, 15) is 4.39 Å². The van der Waals surface area contributed by atoms with Crippen LogP contribution in [0.3, 0.4) is 0 Å². The van der Waals surface area contributed by atoms with Crippen LogP contribution >= 0.6 is 11.6 Å². The molecular weight excluding hydrogens is 227 g/mol. The molecule has 1 heterocycles. The first-order chi connectivity index (χ1) is 7.65. The van der Waals surface area contributed by atoms with Crippen molar-refractivity contribution in [3.63, 3.8) is 0 Å². The van der Waals surface area contributed by atoms with Crippen molar-refractivity contribution in [3.8, 4) is 0 Å². The normalized spacial score (nSPS) is 10.2. The third-order valence-corrected chi connectivity index (χ3v) is 2.34. The van der Waals surface area contributed by atoms with Crippen LogP contribution in [0.4, 0.5) is 15.9 Å². The van der Waals surface area contributed by atoms with Crippen LogP contribution in [0.25, 0.3) is 0 Å². The van der Waals surface area contributed by atoms with Crippen molar-refractivity contribution in [2.45, 2.75) is 6.92 Å². The fraction of sp³-hybridized carbons (Fsp3) is 0.0833. The van der Waals surface area contributed by atoms with Crippen LogP contribution in [0.2, 0.25) is 5.02 Å². The summed E-state index contributed by atoms with van der Waals surface area (Å²) in [7, 11) is 0. The molecule has 0 radical (unpaired) electrons. The molecule has 0 saturated heterocycles. The highest BCUT2D eigenvalue weighted by atomic mass is 35.5. The van der Waals surface area contributed by atoms with Gasteiger partial charge in [0, 0.05) is 6.20 Å². The van der Waals surface area contributed by atoms with E-state index in [2.05, 4.69) is 10.3 Å².